The Labute approximate surface area is 216 Å². The number of nitrogens with one attached hydrogen (secondary N) is 1. The van der Waals surface area contributed by atoms with Crippen molar-refractivity contribution in [2.24, 2.45) is 17.3 Å². The number of imidazole rings is 1. The van der Waals surface area contributed by atoms with Crippen LogP contribution in [0.5, 0.6) is 0 Å². The first-order chi connectivity index (χ1) is 17.7. The fourth-order valence-corrected chi connectivity index (χ4v) is 5.25. The monoisotopic (exact) mass is 542 g/mol. The number of sulfonamides is 1. The Morgan fingerprint density at radius 3 is 2.29 bits per heavy atom. The molecule has 196 valence electrons. The van der Waals surface area contributed by atoms with E-state index in [4.69, 9.17) is 0 Å². The molecule has 0 spiro atoms. The molecule has 4 rings (SSSR count). The predicted octanol–water partition coefficient (Wildman–Crippen LogP) is 5.31. The molecule has 2 heterocycles. The van der Waals surface area contributed by atoms with E-state index in [-0.39, 0.29) is 29.1 Å². The van der Waals surface area contributed by atoms with Gasteiger partial charge in [-0.05, 0) is 23.3 Å². The normalized spacial score (nSPS) is 16.8. The highest BCUT2D eigenvalue weighted by Crippen LogP contribution is 2.54. The Morgan fingerprint density at radius 1 is 1.08 bits per heavy atom. The summed E-state index contributed by atoms with van der Waals surface area (Å²) in [5, 5.41) is 26.4. The summed E-state index contributed by atoms with van der Waals surface area (Å²) in [5.74, 6) is -0.165. The average molecular weight is 543 g/mol. The number of hydrogen-bond acceptors (Lipinski definition) is 8. The maximum absolute atomic E-state index is 13.2. The Bertz CT molecular complexity index is 1630. The van der Waals surface area contributed by atoms with E-state index < -0.39 is 26.6 Å². The molecule has 1 aliphatic heterocycles. The molecule has 0 fully saturated rings. The number of nitrogens with zero attached hydrogens (tertiary/aromatic N) is 7. The standard InChI is InChI=1S/C24H21F3N8O2S/c1-23(2)15-10-16(31-32-22-30-18(12-28)20(13-29)35(22)4)17(33-38(36,37)24(25,26)27)11-19(15)34(3)21(23)14-8-6-5-7-9-14/h5-11,21,33H,1-4H3. The number of nitriles is 2. The molecule has 1 N–H and O–H groups in total. The highest BCUT2D eigenvalue weighted by Gasteiger charge is 2.48. The van der Waals surface area contributed by atoms with Gasteiger partial charge < -0.3 is 9.47 Å². The van der Waals surface area contributed by atoms with Crippen LogP contribution in [0.25, 0.3) is 0 Å². The molecule has 0 saturated carbocycles. The number of alkyl halides is 3. The van der Waals surface area contributed by atoms with Gasteiger partial charge in [0.05, 0.1) is 11.7 Å². The van der Waals surface area contributed by atoms with Gasteiger partial charge in [0.2, 0.25) is 0 Å². The zero-order valence-corrected chi connectivity index (χ0v) is 21.4. The second kappa shape index (κ2) is 9.15. The molecule has 2 aromatic carbocycles. The first-order valence-corrected chi connectivity index (χ1v) is 12.5. The average Bonchev–Trinajstić information content (AvgIpc) is 3.26. The van der Waals surface area contributed by atoms with Crippen LogP contribution in [0.2, 0.25) is 0 Å². The quantitative estimate of drug-likeness (QED) is 0.434. The predicted molar refractivity (Wildman–Crippen MR) is 132 cm³/mol. The second-order valence-electron chi connectivity index (χ2n) is 9.18. The molecular formula is C24H21F3N8O2S. The molecule has 1 aromatic heterocycles. The summed E-state index contributed by atoms with van der Waals surface area (Å²) in [6.45, 7) is 3.93. The maximum Gasteiger partial charge on any atom is 0.516 e. The van der Waals surface area contributed by atoms with Crippen molar-refractivity contribution in [1.82, 2.24) is 9.55 Å². The van der Waals surface area contributed by atoms with E-state index in [2.05, 4.69) is 15.2 Å². The summed E-state index contributed by atoms with van der Waals surface area (Å²) in [6.07, 6.45) is 0. The molecule has 1 atom stereocenters. The van der Waals surface area contributed by atoms with Crippen molar-refractivity contribution in [1.29, 1.82) is 10.5 Å². The summed E-state index contributed by atoms with van der Waals surface area (Å²) >= 11 is 0. The van der Waals surface area contributed by atoms with Gasteiger partial charge >= 0.3 is 15.5 Å². The van der Waals surface area contributed by atoms with Crippen molar-refractivity contribution in [3.05, 3.63) is 65.0 Å². The van der Waals surface area contributed by atoms with E-state index >= 15 is 0 Å². The van der Waals surface area contributed by atoms with Crippen LogP contribution < -0.4 is 9.62 Å². The lowest BCUT2D eigenvalue weighted by molar-refractivity contribution is -0.0429. The van der Waals surface area contributed by atoms with Gasteiger partial charge in [0.25, 0.3) is 5.95 Å². The van der Waals surface area contributed by atoms with Crippen LogP contribution in [0.4, 0.5) is 36.2 Å². The number of halogens is 3. The third-order valence-corrected chi connectivity index (χ3v) is 7.55. The molecule has 10 nitrogen and oxygen atoms in total. The van der Waals surface area contributed by atoms with Crippen LogP contribution in [0.3, 0.4) is 0 Å². The van der Waals surface area contributed by atoms with E-state index in [1.807, 2.05) is 55.1 Å². The summed E-state index contributed by atoms with van der Waals surface area (Å²) in [4.78, 5) is 5.78. The summed E-state index contributed by atoms with van der Waals surface area (Å²) in [6, 6.07) is 15.6. The van der Waals surface area contributed by atoms with E-state index in [1.165, 1.54) is 23.7 Å². The largest absolute Gasteiger partial charge is 0.516 e. The lowest BCUT2D eigenvalue weighted by Gasteiger charge is -2.32. The second-order valence-corrected chi connectivity index (χ2v) is 10.8. The third kappa shape index (κ3) is 4.33. The van der Waals surface area contributed by atoms with Crippen LogP contribution in [-0.4, -0.2) is 30.5 Å². The van der Waals surface area contributed by atoms with Crippen LogP contribution in [0.1, 0.15) is 42.4 Å². The first kappa shape index (κ1) is 26.6. The zero-order chi connectivity index (χ0) is 28.0. The van der Waals surface area contributed by atoms with Gasteiger partial charge in [0, 0.05) is 25.2 Å². The fraction of sp³-hybridized carbons (Fsp3) is 0.292. The van der Waals surface area contributed by atoms with Crippen molar-refractivity contribution >= 4 is 33.0 Å². The van der Waals surface area contributed by atoms with Gasteiger partial charge in [0.15, 0.2) is 11.4 Å². The van der Waals surface area contributed by atoms with Gasteiger partial charge in [0.1, 0.15) is 17.8 Å². The van der Waals surface area contributed by atoms with Crippen molar-refractivity contribution < 1.29 is 21.6 Å². The van der Waals surface area contributed by atoms with Crippen LogP contribution in [-0.2, 0) is 22.5 Å². The lowest BCUT2D eigenvalue weighted by atomic mass is 9.77. The van der Waals surface area contributed by atoms with E-state index in [1.54, 1.807) is 17.8 Å². The number of hydrogen-bond donors (Lipinski definition) is 1. The minimum atomic E-state index is -5.78. The van der Waals surface area contributed by atoms with Crippen molar-refractivity contribution in [2.75, 3.05) is 16.7 Å². The first-order valence-electron chi connectivity index (χ1n) is 11.1. The van der Waals surface area contributed by atoms with Crippen molar-refractivity contribution in [3.8, 4) is 12.1 Å². The summed E-state index contributed by atoms with van der Waals surface area (Å²) in [5.41, 5.74) is -4.90. The number of rotatable bonds is 5. The van der Waals surface area contributed by atoms with Crippen LogP contribution in [0.15, 0.2) is 52.7 Å². The van der Waals surface area contributed by atoms with Gasteiger partial charge in [-0.15, -0.1) is 10.2 Å². The number of azo groups is 1. The van der Waals surface area contributed by atoms with Gasteiger partial charge in [-0.25, -0.2) is 0 Å². The van der Waals surface area contributed by atoms with Crippen molar-refractivity contribution in [2.45, 2.75) is 30.8 Å². The zero-order valence-electron chi connectivity index (χ0n) is 20.6. The molecule has 14 heteroatoms. The Morgan fingerprint density at radius 2 is 1.74 bits per heavy atom. The van der Waals surface area contributed by atoms with Gasteiger partial charge in [-0.2, -0.15) is 37.1 Å². The minimum Gasteiger partial charge on any atom is -0.366 e. The Balaban J connectivity index is 1.89. The molecule has 0 amide bonds. The summed E-state index contributed by atoms with van der Waals surface area (Å²) in [7, 11) is -2.59. The molecule has 1 aliphatic rings. The molecule has 0 saturated heterocycles. The lowest BCUT2D eigenvalue weighted by Crippen LogP contribution is -2.31. The molecule has 38 heavy (non-hydrogen) atoms. The van der Waals surface area contributed by atoms with E-state index in [0.29, 0.717) is 11.3 Å². The van der Waals surface area contributed by atoms with Gasteiger partial charge in [-0.1, -0.05) is 44.2 Å². The topological polar surface area (TPSA) is 140 Å². The van der Waals surface area contributed by atoms with E-state index in [0.717, 1.165) is 5.56 Å². The molecule has 0 aliphatic carbocycles. The number of aromatic nitrogens is 2. The highest BCUT2D eigenvalue weighted by molar-refractivity contribution is 7.93. The maximum atomic E-state index is 13.2. The summed E-state index contributed by atoms with van der Waals surface area (Å²) < 4.78 is 66.5. The Kier molecular flexibility index (Phi) is 6.41. The molecule has 3 aromatic rings. The number of fused-ring (bicyclic) bond motifs is 1. The number of likely N-dealkylation sites (N-methyl/N-ethyl adjacent to an activating group) is 1. The number of benzene rings is 2. The third-order valence-electron chi connectivity index (χ3n) is 6.45. The van der Waals surface area contributed by atoms with Crippen molar-refractivity contribution in [3.63, 3.8) is 0 Å². The van der Waals surface area contributed by atoms with Crippen LogP contribution >= 0.6 is 0 Å². The number of anilines is 2. The molecule has 1 unspecified atom stereocenters. The SMILES string of the molecule is CN1c2cc(NS(=O)(=O)C(F)(F)F)c(N=Nc3nc(C#N)c(C#N)n3C)cc2C(C)(C)C1c1ccccc1. The smallest absolute Gasteiger partial charge is 0.366 e. The molecule has 0 radical (unpaired) electrons. The van der Waals surface area contributed by atoms with Gasteiger partial charge in [-0.3, -0.25) is 4.72 Å². The van der Waals surface area contributed by atoms with E-state index in [9.17, 15) is 32.1 Å². The Hall–Kier alpha value is -4.43. The fourth-order valence-electron chi connectivity index (χ4n) is 4.68. The highest BCUT2D eigenvalue weighted by atomic mass is 32.2. The minimum absolute atomic E-state index is 0.0816. The molecular weight excluding hydrogens is 521 g/mol. The molecule has 0 bridgehead atoms. The van der Waals surface area contributed by atoms with Crippen LogP contribution in [0, 0.1) is 22.7 Å².